The minimum Gasteiger partial charge on any atom is -0.343 e. The van der Waals surface area contributed by atoms with Crippen LogP contribution < -0.4 is 5.32 Å². The molecule has 0 saturated carbocycles. The van der Waals surface area contributed by atoms with Gasteiger partial charge in [-0.1, -0.05) is 48.5 Å². The van der Waals surface area contributed by atoms with Gasteiger partial charge in [0.25, 0.3) is 5.91 Å². The lowest BCUT2D eigenvalue weighted by Gasteiger charge is -2.27. The van der Waals surface area contributed by atoms with Crippen LogP contribution in [0.2, 0.25) is 0 Å². The van der Waals surface area contributed by atoms with E-state index in [1.165, 1.54) is 4.88 Å². The van der Waals surface area contributed by atoms with Crippen LogP contribution in [-0.4, -0.2) is 5.91 Å². The highest BCUT2D eigenvalue weighted by atomic mass is 32.1. The van der Waals surface area contributed by atoms with Crippen LogP contribution in [0.4, 0.5) is 0 Å². The fraction of sp³-hybridized carbons (Fsp3) is 0.150. The van der Waals surface area contributed by atoms with Crippen molar-refractivity contribution in [3.05, 3.63) is 83.2 Å². The van der Waals surface area contributed by atoms with E-state index in [0.717, 1.165) is 11.1 Å². The lowest BCUT2D eigenvalue weighted by molar-refractivity contribution is 0.0912. The zero-order valence-electron chi connectivity index (χ0n) is 13.2. The van der Waals surface area contributed by atoms with Crippen LogP contribution in [0.3, 0.4) is 0 Å². The normalized spacial score (nSPS) is 11.2. The van der Waals surface area contributed by atoms with Crippen LogP contribution in [0.15, 0.2) is 72.1 Å². The summed E-state index contributed by atoms with van der Waals surface area (Å²) in [6.45, 7) is 4.03. The minimum atomic E-state index is -0.412. The molecule has 1 N–H and O–H groups in total. The van der Waals surface area contributed by atoms with Gasteiger partial charge in [-0.2, -0.15) is 0 Å². The maximum atomic E-state index is 12.5. The topological polar surface area (TPSA) is 29.1 Å². The molecule has 3 rings (SSSR count). The van der Waals surface area contributed by atoms with Gasteiger partial charge in [-0.25, -0.2) is 0 Å². The van der Waals surface area contributed by atoms with E-state index in [-0.39, 0.29) is 5.91 Å². The minimum absolute atomic E-state index is 0.0587. The van der Waals surface area contributed by atoms with Crippen molar-refractivity contribution in [1.29, 1.82) is 0 Å². The maximum Gasteiger partial charge on any atom is 0.251 e. The SMILES string of the molecule is CC(C)(NC(=O)c1ccc(-c2cccs2)cc1)c1ccccc1. The Morgan fingerprint density at radius 3 is 2.22 bits per heavy atom. The monoisotopic (exact) mass is 321 g/mol. The van der Waals surface area contributed by atoms with E-state index in [2.05, 4.69) is 16.8 Å². The predicted octanol–water partition coefficient (Wildman–Crippen LogP) is 5.08. The summed E-state index contributed by atoms with van der Waals surface area (Å²) in [5.74, 6) is -0.0587. The van der Waals surface area contributed by atoms with Gasteiger partial charge < -0.3 is 5.32 Å². The first-order chi connectivity index (χ1) is 11.1. The van der Waals surface area contributed by atoms with Crippen LogP contribution in [0.1, 0.15) is 29.8 Å². The Bertz CT molecular complexity index is 774. The molecule has 116 valence electrons. The first-order valence-electron chi connectivity index (χ1n) is 7.58. The number of nitrogens with one attached hydrogen (secondary N) is 1. The van der Waals surface area contributed by atoms with Crippen LogP contribution >= 0.6 is 11.3 Å². The van der Waals surface area contributed by atoms with E-state index < -0.39 is 5.54 Å². The van der Waals surface area contributed by atoms with Crippen molar-refractivity contribution in [2.45, 2.75) is 19.4 Å². The molecule has 0 bridgehead atoms. The standard InChI is InChI=1S/C20H19NOS/c1-20(2,17-7-4-3-5-8-17)21-19(22)16-12-10-15(11-13-16)18-9-6-14-23-18/h3-14H,1-2H3,(H,21,22). The highest BCUT2D eigenvalue weighted by molar-refractivity contribution is 7.13. The van der Waals surface area contributed by atoms with Crippen molar-refractivity contribution >= 4 is 17.2 Å². The molecule has 3 aromatic rings. The smallest absolute Gasteiger partial charge is 0.251 e. The Morgan fingerprint density at radius 2 is 1.61 bits per heavy atom. The zero-order chi connectivity index (χ0) is 16.3. The first-order valence-corrected chi connectivity index (χ1v) is 8.46. The van der Waals surface area contributed by atoms with Crippen LogP contribution in [0.5, 0.6) is 0 Å². The zero-order valence-corrected chi connectivity index (χ0v) is 14.1. The van der Waals surface area contributed by atoms with E-state index in [1.54, 1.807) is 11.3 Å². The molecule has 0 fully saturated rings. The lowest BCUT2D eigenvalue weighted by Crippen LogP contribution is -2.40. The van der Waals surface area contributed by atoms with Crippen LogP contribution in [0.25, 0.3) is 10.4 Å². The van der Waals surface area contributed by atoms with E-state index >= 15 is 0 Å². The molecular weight excluding hydrogens is 302 g/mol. The lowest BCUT2D eigenvalue weighted by atomic mass is 9.94. The summed E-state index contributed by atoms with van der Waals surface area (Å²) in [6, 6.07) is 21.9. The summed E-state index contributed by atoms with van der Waals surface area (Å²) in [5, 5.41) is 5.16. The summed E-state index contributed by atoms with van der Waals surface area (Å²) in [7, 11) is 0. The van der Waals surface area contributed by atoms with Gasteiger partial charge >= 0.3 is 0 Å². The molecule has 2 nitrogen and oxygen atoms in total. The molecule has 0 aliphatic carbocycles. The molecule has 3 heteroatoms. The van der Waals surface area contributed by atoms with Crippen molar-refractivity contribution < 1.29 is 4.79 Å². The molecule has 0 aliphatic heterocycles. The first kappa shape index (κ1) is 15.5. The number of hydrogen-bond donors (Lipinski definition) is 1. The van der Waals surface area contributed by atoms with Crippen molar-refractivity contribution in [2.75, 3.05) is 0 Å². The van der Waals surface area contributed by atoms with Gasteiger partial charge in [-0.15, -0.1) is 11.3 Å². The number of rotatable bonds is 4. The number of benzene rings is 2. The van der Waals surface area contributed by atoms with Crippen LogP contribution in [-0.2, 0) is 5.54 Å². The van der Waals surface area contributed by atoms with Gasteiger partial charge in [0.2, 0.25) is 0 Å². The molecule has 0 atom stereocenters. The van der Waals surface area contributed by atoms with E-state index in [0.29, 0.717) is 5.56 Å². The number of carbonyl (C=O) groups excluding carboxylic acids is 1. The van der Waals surface area contributed by atoms with Crippen molar-refractivity contribution in [2.24, 2.45) is 0 Å². The Balaban J connectivity index is 1.76. The summed E-state index contributed by atoms with van der Waals surface area (Å²) < 4.78 is 0. The summed E-state index contributed by atoms with van der Waals surface area (Å²) in [4.78, 5) is 13.7. The highest BCUT2D eigenvalue weighted by Gasteiger charge is 2.23. The quantitative estimate of drug-likeness (QED) is 0.713. The summed E-state index contributed by atoms with van der Waals surface area (Å²) >= 11 is 1.70. The Hall–Kier alpha value is -2.39. The predicted molar refractivity (Wildman–Crippen MR) is 96.7 cm³/mol. The summed E-state index contributed by atoms with van der Waals surface area (Å²) in [5.41, 5.74) is 2.49. The summed E-state index contributed by atoms with van der Waals surface area (Å²) in [6.07, 6.45) is 0. The van der Waals surface area contributed by atoms with Gasteiger partial charge in [0.15, 0.2) is 0 Å². The molecule has 0 aliphatic rings. The van der Waals surface area contributed by atoms with E-state index in [4.69, 9.17) is 0 Å². The van der Waals surface area contributed by atoms with Gasteiger partial charge in [0.1, 0.15) is 0 Å². The third kappa shape index (κ3) is 3.51. The molecule has 1 heterocycles. The molecule has 1 amide bonds. The second-order valence-electron chi connectivity index (χ2n) is 6.00. The molecular formula is C20H19NOS. The third-order valence-corrected chi connectivity index (χ3v) is 4.79. The number of carbonyl (C=O) groups is 1. The Kier molecular flexibility index (Phi) is 4.30. The van der Waals surface area contributed by atoms with Gasteiger partial charge in [-0.3, -0.25) is 4.79 Å². The number of thiophene rings is 1. The van der Waals surface area contributed by atoms with Crippen LogP contribution in [0, 0.1) is 0 Å². The number of hydrogen-bond acceptors (Lipinski definition) is 2. The molecule has 2 aromatic carbocycles. The molecule has 0 spiro atoms. The second kappa shape index (κ2) is 6.39. The fourth-order valence-electron chi connectivity index (χ4n) is 2.51. The molecule has 23 heavy (non-hydrogen) atoms. The van der Waals surface area contributed by atoms with Gasteiger partial charge in [0, 0.05) is 10.4 Å². The fourth-order valence-corrected chi connectivity index (χ4v) is 3.24. The maximum absolute atomic E-state index is 12.5. The van der Waals surface area contributed by atoms with E-state index in [1.807, 2.05) is 74.5 Å². The number of amides is 1. The van der Waals surface area contributed by atoms with Crippen molar-refractivity contribution in [3.8, 4) is 10.4 Å². The third-order valence-electron chi connectivity index (χ3n) is 3.87. The van der Waals surface area contributed by atoms with Gasteiger partial charge in [0.05, 0.1) is 5.54 Å². The van der Waals surface area contributed by atoms with Crippen molar-refractivity contribution in [3.63, 3.8) is 0 Å². The second-order valence-corrected chi connectivity index (χ2v) is 6.95. The van der Waals surface area contributed by atoms with Crippen molar-refractivity contribution in [1.82, 2.24) is 5.32 Å². The largest absolute Gasteiger partial charge is 0.343 e. The highest BCUT2D eigenvalue weighted by Crippen LogP contribution is 2.25. The Morgan fingerprint density at radius 1 is 0.913 bits per heavy atom. The molecule has 0 saturated heterocycles. The molecule has 1 aromatic heterocycles. The van der Waals surface area contributed by atoms with E-state index in [9.17, 15) is 4.79 Å². The van der Waals surface area contributed by atoms with Gasteiger partial charge in [-0.05, 0) is 48.6 Å². The molecule has 0 radical (unpaired) electrons. The average Bonchev–Trinajstić information content (AvgIpc) is 3.10. The molecule has 0 unspecified atom stereocenters. The average molecular weight is 321 g/mol. The Labute approximate surface area is 140 Å².